The molecule has 0 N–H and O–H groups in total. The van der Waals surface area contributed by atoms with E-state index >= 15 is 0 Å². The zero-order chi connectivity index (χ0) is 10.7. The third kappa shape index (κ3) is 3.60. The first-order valence-corrected chi connectivity index (χ1v) is 7.15. The van der Waals surface area contributed by atoms with Gasteiger partial charge in [0.15, 0.2) is 0 Å². The summed E-state index contributed by atoms with van der Waals surface area (Å²) in [5.41, 5.74) is 2.65. The first-order chi connectivity index (χ1) is 7.27. The summed E-state index contributed by atoms with van der Waals surface area (Å²) in [4.78, 5) is 2.13. The largest absolute Gasteiger partial charge is 1.00 e. The topological polar surface area (TPSA) is 3.24 Å². The SMILES string of the molecule is CN(C)c1ccc([C-]2SCCCS2)cc1.[Li+]. The maximum absolute atomic E-state index is 2.23. The fourth-order valence-electron chi connectivity index (χ4n) is 1.49. The van der Waals surface area contributed by atoms with Crippen LogP contribution in [-0.2, 0) is 0 Å². The Balaban J connectivity index is 0.00000128. The molecule has 1 fully saturated rings. The van der Waals surface area contributed by atoms with E-state index in [1.54, 1.807) is 0 Å². The Morgan fingerprint density at radius 3 is 2.12 bits per heavy atom. The fraction of sp³-hybridized carbons (Fsp3) is 0.417. The second-order valence-electron chi connectivity index (χ2n) is 3.78. The molecule has 1 saturated heterocycles. The average molecular weight is 245 g/mol. The molecule has 1 nitrogen and oxygen atoms in total. The maximum Gasteiger partial charge on any atom is 1.00 e. The van der Waals surface area contributed by atoms with Gasteiger partial charge in [-0.1, -0.05) is 16.7 Å². The van der Waals surface area contributed by atoms with E-state index in [-0.39, 0.29) is 18.9 Å². The van der Waals surface area contributed by atoms with Crippen LogP contribution >= 0.6 is 23.5 Å². The van der Waals surface area contributed by atoms with Crippen LogP contribution < -0.4 is 23.8 Å². The number of nitrogens with zero attached hydrogens (tertiary/aromatic N) is 1. The van der Waals surface area contributed by atoms with E-state index in [4.69, 9.17) is 0 Å². The molecular weight excluding hydrogens is 229 g/mol. The third-order valence-electron chi connectivity index (χ3n) is 2.37. The smallest absolute Gasteiger partial charge is 0.379 e. The molecule has 0 spiro atoms. The van der Waals surface area contributed by atoms with Crippen molar-refractivity contribution in [2.24, 2.45) is 0 Å². The Morgan fingerprint density at radius 2 is 1.62 bits per heavy atom. The maximum atomic E-state index is 2.23. The van der Waals surface area contributed by atoms with Crippen LogP contribution in [0.4, 0.5) is 5.69 Å². The van der Waals surface area contributed by atoms with Crippen molar-refractivity contribution in [2.75, 3.05) is 30.5 Å². The number of benzene rings is 1. The fourth-order valence-corrected chi connectivity index (χ4v) is 4.06. The molecule has 1 aliphatic rings. The zero-order valence-corrected chi connectivity index (χ0v) is 11.8. The normalized spacial score (nSPS) is 15.5. The molecule has 1 aliphatic heterocycles. The Hall–Kier alpha value is 0.187. The molecule has 0 saturated carbocycles. The molecule has 1 heterocycles. The van der Waals surface area contributed by atoms with Crippen LogP contribution in [0.3, 0.4) is 0 Å². The summed E-state index contributed by atoms with van der Waals surface area (Å²) in [5.74, 6) is 2.55. The summed E-state index contributed by atoms with van der Waals surface area (Å²) < 4.78 is 1.49. The van der Waals surface area contributed by atoms with Gasteiger partial charge in [-0.3, -0.25) is 0 Å². The summed E-state index contributed by atoms with van der Waals surface area (Å²) in [6, 6.07) is 8.85. The first kappa shape index (κ1) is 14.2. The minimum absolute atomic E-state index is 0. The van der Waals surface area contributed by atoms with Gasteiger partial charge in [0.25, 0.3) is 0 Å². The van der Waals surface area contributed by atoms with Crippen molar-refractivity contribution in [2.45, 2.75) is 6.42 Å². The number of thioether (sulfide) groups is 2. The summed E-state index contributed by atoms with van der Waals surface area (Å²) in [6.45, 7) is 0. The molecule has 82 valence electrons. The van der Waals surface area contributed by atoms with Crippen LogP contribution in [0.1, 0.15) is 12.0 Å². The molecule has 2 rings (SSSR count). The van der Waals surface area contributed by atoms with Crippen LogP contribution in [0, 0.1) is 4.58 Å². The van der Waals surface area contributed by atoms with Gasteiger partial charge in [-0.2, -0.15) is 41.2 Å². The van der Waals surface area contributed by atoms with Crippen LogP contribution in [0.25, 0.3) is 0 Å². The van der Waals surface area contributed by atoms with Gasteiger partial charge in [-0.15, -0.1) is 0 Å². The van der Waals surface area contributed by atoms with Crippen LogP contribution in [0.5, 0.6) is 0 Å². The Bertz CT molecular complexity index is 307. The van der Waals surface area contributed by atoms with Crippen molar-refractivity contribution in [3.8, 4) is 0 Å². The quantitative estimate of drug-likeness (QED) is 0.551. The van der Waals surface area contributed by atoms with Gasteiger partial charge in [0.2, 0.25) is 0 Å². The van der Waals surface area contributed by atoms with Gasteiger partial charge in [0.1, 0.15) is 0 Å². The van der Waals surface area contributed by atoms with Gasteiger partial charge < -0.3 is 4.90 Å². The summed E-state index contributed by atoms with van der Waals surface area (Å²) in [7, 11) is 4.15. The van der Waals surface area contributed by atoms with Gasteiger partial charge >= 0.3 is 18.9 Å². The van der Waals surface area contributed by atoms with E-state index < -0.39 is 0 Å². The molecule has 1 aromatic rings. The molecule has 0 amide bonds. The predicted molar refractivity (Wildman–Crippen MR) is 72.6 cm³/mol. The van der Waals surface area contributed by atoms with E-state index in [0.29, 0.717) is 0 Å². The minimum Gasteiger partial charge on any atom is -0.379 e. The van der Waals surface area contributed by atoms with E-state index in [0.717, 1.165) is 0 Å². The predicted octanol–water partition coefficient (Wildman–Crippen LogP) is 0.464. The number of rotatable bonds is 2. The van der Waals surface area contributed by atoms with Crippen LogP contribution in [0.2, 0.25) is 0 Å². The van der Waals surface area contributed by atoms with E-state index in [2.05, 4.69) is 43.3 Å². The Morgan fingerprint density at radius 1 is 1.06 bits per heavy atom. The third-order valence-corrected chi connectivity index (χ3v) is 5.06. The Labute approximate surface area is 119 Å². The molecular formula is C12H16LiNS2. The standard InChI is InChI=1S/C12H16NS2.Li/c1-13(2)11-6-4-10(5-7-11)12-14-8-3-9-15-12;/h4-7H,3,8-9H2,1-2H3;/q-1;+1. The summed E-state index contributed by atoms with van der Waals surface area (Å²) >= 11 is 3.99. The molecule has 1 aromatic carbocycles. The molecule has 0 bridgehead atoms. The molecule has 0 aromatic heterocycles. The molecule has 0 radical (unpaired) electrons. The van der Waals surface area contributed by atoms with Crippen LogP contribution in [0.15, 0.2) is 24.3 Å². The van der Waals surface area contributed by atoms with E-state index in [1.165, 1.54) is 33.8 Å². The molecule has 0 unspecified atom stereocenters. The van der Waals surface area contributed by atoms with Gasteiger partial charge in [-0.05, 0) is 17.9 Å². The number of hydrogen-bond donors (Lipinski definition) is 0. The minimum atomic E-state index is 0. The summed E-state index contributed by atoms with van der Waals surface area (Å²) in [5, 5.41) is 0. The number of hydrogen-bond acceptors (Lipinski definition) is 3. The van der Waals surface area contributed by atoms with Crippen molar-refractivity contribution >= 4 is 29.2 Å². The van der Waals surface area contributed by atoms with Gasteiger partial charge in [-0.25, -0.2) is 0 Å². The molecule has 0 aliphatic carbocycles. The number of anilines is 1. The first-order valence-electron chi connectivity index (χ1n) is 5.17. The van der Waals surface area contributed by atoms with Crippen molar-refractivity contribution in [1.29, 1.82) is 0 Å². The Kier molecular flexibility index (Phi) is 6.06. The zero-order valence-electron chi connectivity index (χ0n) is 10.2. The van der Waals surface area contributed by atoms with Gasteiger partial charge in [0.05, 0.1) is 0 Å². The van der Waals surface area contributed by atoms with Crippen molar-refractivity contribution < 1.29 is 18.9 Å². The van der Waals surface area contributed by atoms with Crippen LogP contribution in [-0.4, -0.2) is 25.6 Å². The summed E-state index contributed by atoms with van der Waals surface area (Å²) in [6.07, 6.45) is 1.34. The monoisotopic (exact) mass is 245 g/mol. The second-order valence-corrected chi connectivity index (χ2v) is 6.25. The molecule has 16 heavy (non-hydrogen) atoms. The average Bonchev–Trinajstić information content (AvgIpc) is 2.30. The second kappa shape index (κ2) is 6.81. The molecule has 0 atom stereocenters. The van der Waals surface area contributed by atoms with E-state index in [1.807, 2.05) is 23.5 Å². The van der Waals surface area contributed by atoms with Gasteiger partial charge in [0, 0.05) is 19.8 Å². The van der Waals surface area contributed by atoms with Crippen molar-refractivity contribution in [3.63, 3.8) is 0 Å². The van der Waals surface area contributed by atoms with Crippen molar-refractivity contribution in [3.05, 3.63) is 34.4 Å². The van der Waals surface area contributed by atoms with E-state index in [9.17, 15) is 0 Å². The molecule has 4 heteroatoms. The van der Waals surface area contributed by atoms with Crippen molar-refractivity contribution in [1.82, 2.24) is 0 Å².